The van der Waals surface area contributed by atoms with Gasteiger partial charge in [0.15, 0.2) is 0 Å². The molecule has 80 valence electrons. The fourth-order valence-corrected chi connectivity index (χ4v) is 1.73. The summed E-state index contributed by atoms with van der Waals surface area (Å²) in [5, 5.41) is 3.44. The van der Waals surface area contributed by atoms with Crippen molar-refractivity contribution < 1.29 is 0 Å². The number of hydrogen-bond donors (Lipinski definition) is 1. The lowest BCUT2D eigenvalue weighted by molar-refractivity contribution is 1.04. The SMILES string of the molecule is C#CCCNc1c(CC)cccc1CC. The predicted molar refractivity (Wildman–Crippen MR) is 67.1 cm³/mol. The van der Waals surface area contributed by atoms with E-state index in [1.807, 2.05) is 0 Å². The summed E-state index contributed by atoms with van der Waals surface area (Å²) >= 11 is 0. The van der Waals surface area contributed by atoms with Gasteiger partial charge in [0.2, 0.25) is 0 Å². The van der Waals surface area contributed by atoms with Gasteiger partial charge in [-0.05, 0) is 24.0 Å². The molecular formula is C14H19N. The minimum absolute atomic E-state index is 0.779. The summed E-state index contributed by atoms with van der Waals surface area (Å²) in [6.07, 6.45) is 8.15. The van der Waals surface area contributed by atoms with Crippen molar-refractivity contribution in [2.75, 3.05) is 11.9 Å². The second kappa shape index (κ2) is 6.14. The zero-order valence-electron chi connectivity index (χ0n) is 9.64. The van der Waals surface area contributed by atoms with Crippen molar-refractivity contribution in [3.8, 4) is 12.3 Å². The zero-order valence-corrected chi connectivity index (χ0v) is 9.64. The van der Waals surface area contributed by atoms with Gasteiger partial charge in [0, 0.05) is 18.7 Å². The average Bonchev–Trinajstić information content (AvgIpc) is 2.29. The number of hydrogen-bond acceptors (Lipinski definition) is 1. The van der Waals surface area contributed by atoms with Crippen molar-refractivity contribution in [2.24, 2.45) is 0 Å². The first kappa shape index (κ1) is 11.7. The van der Waals surface area contributed by atoms with Crippen molar-refractivity contribution in [1.29, 1.82) is 0 Å². The third-order valence-electron chi connectivity index (χ3n) is 2.57. The molecule has 0 spiro atoms. The molecule has 0 atom stereocenters. The van der Waals surface area contributed by atoms with Gasteiger partial charge in [-0.15, -0.1) is 12.3 Å². The van der Waals surface area contributed by atoms with E-state index in [2.05, 4.69) is 43.3 Å². The lowest BCUT2D eigenvalue weighted by Crippen LogP contribution is -2.06. The molecule has 1 heteroatoms. The van der Waals surface area contributed by atoms with Crippen LogP contribution in [0, 0.1) is 12.3 Å². The van der Waals surface area contributed by atoms with Crippen molar-refractivity contribution in [1.82, 2.24) is 0 Å². The molecule has 0 aliphatic rings. The molecule has 1 aromatic carbocycles. The number of benzene rings is 1. The van der Waals surface area contributed by atoms with E-state index in [0.717, 1.165) is 25.8 Å². The summed E-state index contributed by atoms with van der Waals surface area (Å²) in [6, 6.07) is 6.48. The van der Waals surface area contributed by atoms with Crippen LogP contribution in [0.3, 0.4) is 0 Å². The van der Waals surface area contributed by atoms with Gasteiger partial charge in [-0.3, -0.25) is 0 Å². The summed E-state index contributed by atoms with van der Waals surface area (Å²) in [7, 11) is 0. The lowest BCUT2D eigenvalue weighted by atomic mass is 10.0. The highest BCUT2D eigenvalue weighted by molar-refractivity contribution is 5.57. The van der Waals surface area contributed by atoms with E-state index < -0.39 is 0 Å². The Morgan fingerprint density at radius 1 is 1.20 bits per heavy atom. The van der Waals surface area contributed by atoms with Crippen LogP contribution >= 0.6 is 0 Å². The van der Waals surface area contributed by atoms with Crippen LogP contribution in [0.4, 0.5) is 5.69 Å². The molecule has 1 rings (SSSR count). The highest BCUT2D eigenvalue weighted by Gasteiger charge is 2.04. The van der Waals surface area contributed by atoms with Crippen LogP contribution in [0.25, 0.3) is 0 Å². The van der Waals surface area contributed by atoms with Gasteiger partial charge in [0.25, 0.3) is 0 Å². The maximum absolute atomic E-state index is 5.24. The van der Waals surface area contributed by atoms with Crippen molar-refractivity contribution in [3.05, 3.63) is 29.3 Å². The van der Waals surface area contributed by atoms with Crippen molar-refractivity contribution in [2.45, 2.75) is 33.1 Å². The van der Waals surface area contributed by atoms with E-state index in [4.69, 9.17) is 6.42 Å². The molecular weight excluding hydrogens is 182 g/mol. The molecule has 1 aromatic rings. The number of aryl methyl sites for hydroxylation is 2. The number of anilines is 1. The van der Waals surface area contributed by atoms with Crippen LogP contribution < -0.4 is 5.32 Å². The lowest BCUT2D eigenvalue weighted by Gasteiger charge is -2.14. The van der Waals surface area contributed by atoms with Gasteiger partial charge >= 0.3 is 0 Å². The largest absolute Gasteiger partial charge is 0.384 e. The molecule has 0 saturated heterocycles. The van der Waals surface area contributed by atoms with E-state index in [9.17, 15) is 0 Å². The molecule has 0 aliphatic carbocycles. The molecule has 0 aromatic heterocycles. The molecule has 0 bridgehead atoms. The molecule has 1 nitrogen and oxygen atoms in total. The second-order valence-corrected chi connectivity index (χ2v) is 3.54. The minimum atomic E-state index is 0.779. The quantitative estimate of drug-likeness (QED) is 0.569. The molecule has 15 heavy (non-hydrogen) atoms. The summed E-state index contributed by atoms with van der Waals surface area (Å²) in [6.45, 7) is 5.22. The van der Waals surface area contributed by atoms with E-state index in [-0.39, 0.29) is 0 Å². The van der Waals surface area contributed by atoms with Gasteiger partial charge in [0.05, 0.1) is 0 Å². The first-order valence-electron chi connectivity index (χ1n) is 5.61. The summed E-state index contributed by atoms with van der Waals surface area (Å²) in [5.74, 6) is 2.65. The van der Waals surface area contributed by atoms with Gasteiger partial charge < -0.3 is 5.32 Å². The van der Waals surface area contributed by atoms with E-state index in [0.29, 0.717) is 0 Å². The topological polar surface area (TPSA) is 12.0 Å². The van der Waals surface area contributed by atoms with Gasteiger partial charge in [-0.2, -0.15) is 0 Å². The predicted octanol–water partition coefficient (Wildman–Crippen LogP) is 3.25. The Morgan fingerprint density at radius 3 is 2.27 bits per heavy atom. The van der Waals surface area contributed by atoms with Gasteiger partial charge in [-0.1, -0.05) is 32.0 Å². The Bertz CT molecular complexity index is 325. The van der Waals surface area contributed by atoms with Crippen molar-refractivity contribution in [3.63, 3.8) is 0 Å². The fraction of sp³-hybridized carbons (Fsp3) is 0.429. The summed E-state index contributed by atoms with van der Waals surface area (Å²) < 4.78 is 0. The fourth-order valence-electron chi connectivity index (χ4n) is 1.73. The summed E-state index contributed by atoms with van der Waals surface area (Å²) in [5.41, 5.74) is 4.05. The van der Waals surface area contributed by atoms with Crippen LogP contribution in [0.15, 0.2) is 18.2 Å². The zero-order chi connectivity index (χ0) is 11.1. The average molecular weight is 201 g/mol. The molecule has 0 aliphatic heterocycles. The standard InChI is InChI=1S/C14H19N/c1-4-7-11-15-14-12(5-2)9-8-10-13(14)6-3/h1,8-10,15H,5-7,11H2,2-3H3. The number of terminal acetylenes is 1. The third-order valence-corrected chi connectivity index (χ3v) is 2.57. The minimum Gasteiger partial charge on any atom is -0.384 e. The monoisotopic (exact) mass is 201 g/mol. The van der Waals surface area contributed by atoms with Crippen molar-refractivity contribution >= 4 is 5.69 Å². The molecule has 0 amide bonds. The Balaban J connectivity index is 2.86. The van der Waals surface area contributed by atoms with E-state index in [1.165, 1.54) is 16.8 Å². The molecule has 0 unspecified atom stereocenters. The van der Waals surface area contributed by atoms with Crippen LogP contribution in [0.1, 0.15) is 31.4 Å². The number of para-hydroxylation sites is 1. The van der Waals surface area contributed by atoms with Crippen LogP contribution in [-0.4, -0.2) is 6.54 Å². The highest BCUT2D eigenvalue weighted by Crippen LogP contribution is 2.22. The van der Waals surface area contributed by atoms with Crippen LogP contribution in [0.5, 0.6) is 0 Å². The van der Waals surface area contributed by atoms with Crippen LogP contribution in [0.2, 0.25) is 0 Å². The Kier molecular flexibility index (Phi) is 4.77. The van der Waals surface area contributed by atoms with Gasteiger partial charge in [0.1, 0.15) is 0 Å². The maximum atomic E-state index is 5.24. The molecule has 0 saturated carbocycles. The Hall–Kier alpha value is -1.42. The molecule has 1 N–H and O–H groups in total. The first-order chi connectivity index (χ1) is 7.33. The highest BCUT2D eigenvalue weighted by atomic mass is 14.9. The third kappa shape index (κ3) is 3.02. The van der Waals surface area contributed by atoms with E-state index >= 15 is 0 Å². The number of nitrogens with one attached hydrogen (secondary N) is 1. The second-order valence-electron chi connectivity index (χ2n) is 3.54. The van der Waals surface area contributed by atoms with Gasteiger partial charge in [-0.25, -0.2) is 0 Å². The molecule has 0 heterocycles. The molecule has 0 radical (unpaired) electrons. The Labute approximate surface area is 92.9 Å². The summed E-state index contributed by atoms with van der Waals surface area (Å²) in [4.78, 5) is 0. The smallest absolute Gasteiger partial charge is 0.0405 e. The first-order valence-corrected chi connectivity index (χ1v) is 5.61. The van der Waals surface area contributed by atoms with Crippen LogP contribution in [-0.2, 0) is 12.8 Å². The molecule has 0 fully saturated rings. The Morgan fingerprint density at radius 2 is 1.80 bits per heavy atom. The maximum Gasteiger partial charge on any atom is 0.0405 e. The number of rotatable bonds is 5. The normalized spacial score (nSPS) is 9.67. The van der Waals surface area contributed by atoms with E-state index in [1.54, 1.807) is 0 Å².